The molecule has 0 heterocycles. The van der Waals surface area contributed by atoms with E-state index in [1.165, 1.54) is 0 Å². The third-order valence-corrected chi connectivity index (χ3v) is 1.99. The summed E-state index contributed by atoms with van der Waals surface area (Å²) in [7, 11) is 0. The van der Waals surface area contributed by atoms with Crippen LogP contribution in [-0.2, 0) is 4.74 Å². The van der Waals surface area contributed by atoms with Gasteiger partial charge in [0.2, 0.25) is 0 Å². The molecule has 0 atom stereocenters. The molecule has 0 fully saturated rings. The molecule has 2 N–H and O–H groups in total. The van der Waals surface area contributed by atoms with Gasteiger partial charge in [-0.3, -0.25) is 4.79 Å². The minimum absolute atomic E-state index is 0.0159. The van der Waals surface area contributed by atoms with Crippen molar-refractivity contribution in [3.05, 3.63) is 35.4 Å². The molecule has 0 unspecified atom stereocenters. The van der Waals surface area contributed by atoms with Crippen LogP contribution in [0.3, 0.4) is 0 Å². The van der Waals surface area contributed by atoms with E-state index in [2.05, 4.69) is 4.74 Å². The Hall–Kier alpha value is -1.89. The van der Waals surface area contributed by atoms with Crippen LogP contribution < -0.4 is 5.73 Å². The van der Waals surface area contributed by atoms with Crippen LogP contribution in [-0.4, -0.2) is 31.1 Å². The fraction of sp³-hybridized carbons (Fsp3) is 0.273. The maximum absolute atomic E-state index is 12.1. The fourth-order valence-corrected chi connectivity index (χ4v) is 1.16. The molecule has 4 nitrogen and oxygen atoms in total. The minimum atomic E-state index is -4.93. The summed E-state index contributed by atoms with van der Waals surface area (Å²) in [5.74, 6) is -2.66. The van der Waals surface area contributed by atoms with Crippen molar-refractivity contribution in [3.63, 3.8) is 0 Å². The summed E-state index contributed by atoms with van der Waals surface area (Å²) in [6.45, 7) is 0.165. The quantitative estimate of drug-likeness (QED) is 0.659. The maximum Gasteiger partial charge on any atom is 0.454 e. The second-order valence-corrected chi connectivity index (χ2v) is 3.33. The molecule has 0 aliphatic heterocycles. The third kappa shape index (κ3) is 3.56. The molecule has 0 radical (unpaired) electrons. The molecular weight excluding hydrogens is 251 g/mol. The van der Waals surface area contributed by atoms with Crippen LogP contribution in [0.2, 0.25) is 0 Å². The van der Waals surface area contributed by atoms with Crippen LogP contribution in [0.25, 0.3) is 0 Å². The van der Waals surface area contributed by atoms with Crippen molar-refractivity contribution >= 4 is 11.8 Å². The van der Waals surface area contributed by atoms with Gasteiger partial charge >= 0.3 is 12.1 Å². The van der Waals surface area contributed by atoms with E-state index in [1.54, 1.807) is 0 Å². The van der Waals surface area contributed by atoms with E-state index in [1.807, 2.05) is 0 Å². The Morgan fingerprint density at radius 3 is 2.06 bits per heavy atom. The molecule has 18 heavy (non-hydrogen) atoms. The smallest absolute Gasteiger partial charge is 0.454 e. The van der Waals surface area contributed by atoms with Gasteiger partial charge in [-0.1, -0.05) is 12.1 Å². The highest BCUT2D eigenvalue weighted by Crippen LogP contribution is 2.21. The molecular formula is C11H10F3NO3. The summed E-state index contributed by atoms with van der Waals surface area (Å²) in [5.41, 5.74) is 4.65. The Morgan fingerprint density at radius 2 is 1.61 bits per heavy atom. The first kappa shape index (κ1) is 14.2. The number of halogens is 3. The maximum atomic E-state index is 12.1. The van der Waals surface area contributed by atoms with E-state index < -0.39 is 23.5 Å². The van der Waals surface area contributed by atoms with E-state index in [-0.39, 0.29) is 18.7 Å². The van der Waals surface area contributed by atoms with Crippen molar-refractivity contribution in [1.82, 2.24) is 0 Å². The second kappa shape index (κ2) is 5.63. The molecule has 1 aromatic carbocycles. The first-order valence-corrected chi connectivity index (χ1v) is 4.95. The first-order valence-electron chi connectivity index (χ1n) is 4.95. The van der Waals surface area contributed by atoms with Crippen molar-refractivity contribution in [2.75, 3.05) is 13.2 Å². The number of nitrogens with two attached hydrogens (primary N) is 1. The Bertz CT molecular complexity index is 440. The summed E-state index contributed by atoms with van der Waals surface area (Å²) in [6, 6.07) is 4.04. The van der Waals surface area contributed by atoms with Crippen molar-refractivity contribution in [3.8, 4) is 0 Å². The monoisotopic (exact) mass is 261 g/mol. The number of benzene rings is 1. The van der Waals surface area contributed by atoms with Gasteiger partial charge in [0.1, 0.15) is 6.61 Å². The number of rotatable bonds is 4. The molecule has 0 aromatic heterocycles. The zero-order valence-corrected chi connectivity index (χ0v) is 9.16. The highest BCUT2D eigenvalue weighted by molar-refractivity contribution is 6.01. The van der Waals surface area contributed by atoms with Crippen LogP contribution >= 0.6 is 0 Å². The van der Waals surface area contributed by atoms with Gasteiger partial charge in [-0.15, -0.1) is 0 Å². The van der Waals surface area contributed by atoms with Crippen molar-refractivity contribution < 1.29 is 27.5 Å². The van der Waals surface area contributed by atoms with Gasteiger partial charge in [0, 0.05) is 12.1 Å². The first-order chi connectivity index (χ1) is 8.36. The van der Waals surface area contributed by atoms with Gasteiger partial charge in [-0.2, -0.15) is 13.2 Å². The van der Waals surface area contributed by atoms with E-state index in [4.69, 9.17) is 5.73 Å². The standard InChI is InChI=1S/C11H10F3NO3/c12-11(13,14)9(16)7-1-3-8(4-2-7)10(17)18-6-5-15/h1-4H,5-6,15H2. The van der Waals surface area contributed by atoms with Gasteiger partial charge in [-0.05, 0) is 12.1 Å². The summed E-state index contributed by atoms with van der Waals surface area (Å²) in [6.07, 6.45) is -4.93. The van der Waals surface area contributed by atoms with Crippen LogP contribution in [0.1, 0.15) is 20.7 Å². The molecule has 0 amide bonds. The molecule has 98 valence electrons. The van der Waals surface area contributed by atoms with Crippen LogP contribution in [0.4, 0.5) is 13.2 Å². The lowest BCUT2D eigenvalue weighted by Gasteiger charge is -2.06. The zero-order chi connectivity index (χ0) is 13.8. The Morgan fingerprint density at radius 1 is 1.11 bits per heavy atom. The number of alkyl halides is 3. The Kier molecular flexibility index (Phi) is 4.43. The second-order valence-electron chi connectivity index (χ2n) is 3.33. The normalized spacial score (nSPS) is 11.1. The van der Waals surface area contributed by atoms with Crippen LogP contribution in [0.15, 0.2) is 24.3 Å². The highest BCUT2D eigenvalue weighted by Gasteiger charge is 2.39. The topological polar surface area (TPSA) is 69.4 Å². The number of hydrogen-bond donors (Lipinski definition) is 1. The Balaban J connectivity index is 2.80. The number of carbonyl (C=O) groups is 2. The average molecular weight is 261 g/mol. The lowest BCUT2D eigenvalue weighted by molar-refractivity contribution is -0.0885. The lowest BCUT2D eigenvalue weighted by atomic mass is 10.1. The Labute approximate surface area is 101 Å². The van der Waals surface area contributed by atoms with Crippen molar-refractivity contribution in [2.24, 2.45) is 5.73 Å². The van der Waals surface area contributed by atoms with Crippen molar-refractivity contribution in [1.29, 1.82) is 0 Å². The van der Waals surface area contributed by atoms with Gasteiger partial charge in [-0.25, -0.2) is 4.79 Å². The van der Waals surface area contributed by atoms with Gasteiger partial charge in [0.15, 0.2) is 0 Å². The largest absolute Gasteiger partial charge is 0.461 e. The van der Waals surface area contributed by atoms with Gasteiger partial charge < -0.3 is 10.5 Å². The number of ketones is 1. The summed E-state index contributed by atoms with van der Waals surface area (Å²) >= 11 is 0. The third-order valence-electron chi connectivity index (χ3n) is 1.99. The zero-order valence-electron chi connectivity index (χ0n) is 9.16. The molecule has 0 saturated carbocycles. The highest BCUT2D eigenvalue weighted by atomic mass is 19.4. The van der Waals surface area contributed by atoms with E-state index in [0.717, 1.165) is 24.3 Å². The molecule has 1 rings (SSSR count). The van der Waals surface area contributed by atoms with Gasteiger partial charge in [0.05, 0.1) is 5.56 Å². The molecule has 1 aromatic rings. The minimum Gasteiger partial charge on any atom is -0.461 e. The lowest BCUT2D eigenvalue weighted by Crippen LogP contribution is -2.22. The van der Waals surface area contributed by atoms with E-state index in [0.29, 0.717) is 0 Å². The van der Waals surface area contributed by atoms with Gasteiger partial charge in [0.25, 0.3) is 5.78 Å². The molecule has 0 saturated heterocycles. The molecule has 7 heteroatoms. The number of ether oxygens (including phenoxy) is 1. The summed E-state index contributed by atoms with van der Waals surface area (Å²) in [5, 5.41) is 0. The number of hydrogen-bond acceptors (Lipinski definition) is 4. The summed E-state index contributed by atoms with van der Waals surface area (Å²) < 4.78 is 41.0. The predicted molar refractivity (Wildman–Crippen MR) is 56.2 cm³/mol. The summed E-state index contributed by atoms with van der Waals surface area (Å²) in [4.78, 5) is 22.2. The SMILES string of the molecule is NCCOC(=O)c1ccc(C(=O)C(F)(F)F)cc1. The fourth-order valence-electron chi connectivity index (χ4n) is 1.16. The number of carbonyl (C=O) groups excluding carboxylic acids is 2. The molecule has 0 aliphatic carbocycles. The number of Topliss-reactive ketones (excluding diaryl/α,β-unsaturated/α-hetero) is 1. The molecule has 0 aliphatic rings. The van der Waals surface area contributed by atoms with E-state index >= 15 is 0 Å². The predicted octanol–water partition coefficient (Wildman–Crippen LogP) is 1.55. The molecule has 0 spiro atoms. The number of esters is 1. The van der Waals surface area contributed by atoms with Crippen LogP contribution in [0.5, 0.6) is 0 Å². The van der Waals surface area contributed by atoms with Crippen molar-refractivity contribution in [2.45, 2.75) is 6.18 Å². The average Bonchev–Trinajstić information content (AvgIpc) is 2.34. The van der Waals surface area contributed by atoms with E-state index in [9.17, 15) is 22.8 Å². The molecule has 0 bridgehead atoms. The van der Waals surface area contributed by atoms with Crippen LogP contribution in [0, 0.1) is 0 Å².